The SMILES string of the molecule is C=COC(=O)OC(C)(C)C(C)[SiH3]. The number of carbonyl (C=O) groups excluding carboxylic acids is 1. The maximum atomic E-state index is 10.9. The molecule has 0 heterocycles. The molecule has 0 N–H and O–H groups in total. The highest BCUT2D eigenvalue weighted by molar-refractivity contribution is 6.12. The third-order valence-electron chi connectivity index (χ3n) is 1.92. The molecule has 0 bridgehead atoms. The molecule has 0 fully saturated rings. The topological polar surface area (TPSA) is 35.5 Å². The van der Waals surface area contributed by atoms with E-state index < -0.39 is 11.8 Å². The number of carbonyl (C=O) groups is 1. The normalized spacial score (nSPS) is 13.6. The summed E-state index contributed by atoms with van der Waals surface area (Å²) in [6.07, 6.45) is 0.383. The molecule has 0 radical (unpaired) electrons. The Bertz CT molecular complexity index is 175. The maximum Gasteiger partial charge on any atom is 0.513 e. The van der Waals surface area contributed by atoms with Crippen LogP contribution in [0, 0.1) is 0 Å². The summed E-state index contributed by atoms with van der Waals surface area (Å²) in [6, 6.07) is 0. The Morgan fingerprint density at radius 1 is 1.67 bits per heavy atom. The van der Waals surface area contributed by atoms with Gasteiger partial charge in [0.1, 0.15) is 5.60 Å². The summed E-state index contributed by atoms with van der Waals surface area (Å²) in [6.45, 7) is 9.04. The van der Waals surface area contributed by atoms with Crippen LogP contribution >= 0.6 is 0 Å². The Hall–Kier alpha value is -0.773. The summed E-state index contributed by atoms with van der Waals surface area (Å²) in [4.78, 5) is 10.9. The second kappa shape index (κ2) is 4.30. The lowest BCUT2D eigenvalue weighted by Gasteiger charge is -2.27. The van der Waals surface area contributed by atoms with E-state index in [1.165, 1.54) is 0 Å². The van der Waals surface area contributed by atoms with E-state index in [2.05, 4.69) is 11.3 Å². The van der Waals surface area contributed by atoms with Gasteiger partial charge < -0.3 is 9.47 Å². The quantitative estimate of drug-likeness (QED) is 0.380. The lowest BCUT2D eigenvalue weighted by Crippen LogP contribution is -2.31. The molecule has 4 heteroatoms. The molecule has 70 valence electrons. The molecule has 3 nitrogen and oxygen atoms in total. The molecule has 0 aromatic rings. The zero-order chi connectivity index (χ0) is 9.78. The molecule has 12 heavy (non-hydrogen) atoms. The molecule has 0 spiro atoms. The van der Waals surface area contributed by atoms with E-state index in [0.717, 1.165) is 16.5 Å². The van der Waals surface area contributed by atoms with Crippen LogP contribution in [0.3, 0.4) is 0 Å². The fourth-order valence-corrected chi connectivity index (χ4v) is 0.543. The molecule has 0 aromatic carbocycles. The number of rotatable bonds is 3. The lowest BCUT2D eigenvalue weighted by atomic mass is 10.1. The van der Waals surface area contributed by atoms with Gasteiger partial charge in [0.15, 0.2) is 0 Å². The minimum Gasteiger partial charge on any atom is -0.428 e. The molecule has 0 aliphatic carbocycles. The van der Waals surface area contributed by atoms with Gasteiger partial charge in [-0.15, -0.1) is 0 Å². The number of hydrogen-bond donors (Lipinski definition) is 0. The van der Waals surface area contributed by atoms with E-state index in [4.69, 9.17) is 4.74 Å². The van der Waals surface area contributed by atoms with Crippen LogP contribution in [0.4, 0.5) is 4.79 Å². The second-order valence-electron chi connectivity index (χ2n) is 3.39. The predicted molar refractivity (Wildman–Crippen MR) is 51.2 cm³/mol. The van der Waals surface area contributed by atoms with Crippen molar-refractivity contribution in [2.45, 2.75) is 31.9 Å². The average molecular weight is 188 g/mol. The molecule has 0 amide bonds. The minimum atomic E-state index is -0.683. The van der Waals surface area contributed by atoms with Gasteiger partial charge in [0.2, 0.25) is 0 Å². The van der Waals surface area contributed by atoms with Crippen LogP contribution in [-0.2, 0) is 9.47 Å². The summed E-state index contributed by atoms with van der Waals surface area (Å²) < 4.78 is 9.49. The average Bonchev–Trinajstić information content (AvgIpc) is 1.85. The first kappa shape index (κ1) is 11.2. The largest absolute Gasteiger partial charge is 0.513 e. The standard InChI is InChI=1S/C8H16O3Si/c1-5-10-7(9)11-8(3,4)6(2)12/h5-6H,1H2,2-4,12H3. The van der Waals surface area contributed by atoms with Crippen LogP contribution in [0.5, 0.6) is 0 Å². The van der Waals surface area contributed by atoms with Crippen molar-refractivity contribution in [3.05, 3.63) is 12.8 Å². The highest BCUT2D eigenvalue weighted by atomic mass is 28.1. The molecule has 0 saturated heterocycles. The predicted octanol–water partition coefficient (Wildman–Crippen LogP) is 1.24. The first-order valence-corrected chi connectivity index (χ1v) is 5.06. The van der Waals surface area contributed by atoms with Crippen LogP contribution in [0.25, 0.3) is 0 Å². The van der Waals surface area contributed by atoms with Gasteiger partial charge in [-0.25, -0.2) is 4.79 Å². The van der Waals surface area contributed by atoms with Gasteiger partial charge in [0.25, 0.3) is 0 Å². The van der Waals surface area contributed by atoms with Gasteiger partial charge in [-0.2, -0.15) is 0 Å². The van der Waals surface area contributed by atoms with E-state index in [1.807, 2.05) is 20.8 Å². The van der Waals surface area contributed by atoms with Gasteiger partial charge in [0.05, 0.1) is 6.26 Å². The third kappa shape index (κ3) is 3.57. The first-order chi connectivity index (χ1) is 5.40. The Balaban J connectivity index is 4.05. The lowest BCUT2D eigenvalue weighted by molar-refractivity contribution is -0.000947. The summed E-state index contributed by atoms with van der Waals surface area (Å²) in [5.41, 5.74) is -0.0540. The fourth-order valence-electron chi connectivity index (χ4n) is 0.425. The Kier molecular flexibility index (Phi) is 4.02. The number of hydrogen-bond acceptors (Lipinski definition) is 3. The maximum absolute atomic E-state index is 10.9. The Labute approximate surface area is 76.2 Å². The molecule has 0 aliphatic rings. The van der Waals surface area contributed by atoms with Crippen molar-refractivity contribution in [1.82, 2.24) is 0 Å². The van der Waals surface area contributed by atoms with Crippen LogP contribution in [0.15, 0.2) is 12.8 Å². The van der Waals surface area contributed by atoms with Crippen molar-refractivity contribution in [1.29, 1.82) is 0 Å². The molecule has 0 aliphatic heterocycles. The van der Waals surface area contributed by atoms with E-state index in [0.29, 0.717) is 5.54 Å². The van der Waals surface area contributed by atoms with Crippen molar-refractivity contribution in [2.24, 2.45) is 0 Å². The van der Waals surface area contributed by atoms with Crippen molar-refractivity contribution < 1.29 is 14.3 Å². The van der Waals surface area contributed by atoms with Gasteiger partial charge in [0, 0.05) is 10.2 Å². The fraction of sp³-hybridized carbons (Fsp3) is 0.625. The van der Waals surface area contributed by atoms with Gasteiger partial charge in [-0.1, -0.05) is 13.5 Å². The Morgan fingerprint density at radius 3 is 2.50 bits per heavy atom. The summed E-state index contributed by atoms with van der Waals surface area (Å²) in [5.74, 6) is 0. The monoisotopic (exact) mass is 188 g/mol. The van der Waals surface area contributed by atoms with Gasteiger partial charge in [-0.05, 0) is 19.4 Å². The molecular formula is C8H16O3Si. The van der Waals surface area contributed by atoms with Crippen LogP contribution in [0.2, 0.25) is 5.54 Å². The summed E-state index contributed by atoms with van der Waals surface area (Å²) in [5, 5.41) is 0. The van der Waals surface area contributed by atoms with Gasteiger partial charge in [-0.3, -0.25) is 0 Å². The molecule has 0 aromatic heterocycles. The highest BCUT2D eigenvalue weighted by Gasteiger charge is 2.27. The number of ether oxygens (including phenoxy) is 2. The van der Waals surface area contributed by atoms with Gasteiger partial charge >= 0.3 is 6.16 Å². The smallest absolute Gasteiger partial charge is 0.428 e. The van der Waals surface area contributed by atoms with Crippen LogP contribution < -0.4 is 0 Å². The zero-order valence-corrected chi connectivity index (χ0v) is 10.1. The van der Waals surface area contributed by atoms with Crippen molar-refractivity contribution in [3.63, 3.8) is 0 Å². The second-order valence-corrected chi connectivity index (χ2v) is 5.13. The Morgan fingerprint density at radius 2 is 2.17 bits per heavy atom. The minimum absolute atomic E-state index is 0.384. The molecule has 0 rings (SSSR count). The van der Waals surface area contributed by atoms with E-state index >= 15 is 0 Å². The van der Waals surface area contributed by atoms with E-state index in [-0.39, 0.29) is 0 Å². The van der Waals surface area contributed by atoms with E-state index in [9.17, 15) is 4.79 Å². The molecule has 1 atom stereocenters. The molecular weight excluding hydrogens is 172 g/mol. The van der Waals surface area contributed by atoms with Crippen molar-refractivity contribution in [3.8, 4) is 0 Å². The first-order valence-electron chi connectivity index (χ1n) is 3.90. The van der Waals surface area contributed by atoms with Crippen LogP contribution in [0.1, 0.15) is 20.8 Å². The summed E-state index contributed by atoms with van der Waals surface area (Å²) in [7, 11) is 0.978. The van der Waals surface area contributed by atoms with Crippen LogP contribution in [-0.4, -0.2) is 22.0 Å². The summed E-state index contributed by atoms with van der Waals surface area (Å²) >= 11 is 0. The molecule has 1 unspecified atom stereocenters. The van der Waals surface area contributed by atoms with Crippen molar-refractivity contribution in [2.75, 3.05) is 0 Å². The van der Waals surface area contributed by atoms with E-state index in [1.54, 1.807) is 0 Å². The zero-order valence-electron chi connectivity index (χ0n) is 8.09. The third-order valence-corrected chi connectivity index (χ3v) is 3.31. The molecule has 0 saturated carbocycles. The highest BCUT2D eigenvalue weighted by Crippen LogP contribution is 2.23. The van der Waals surface area contributed by atoms with Crippen molar-refractivity contribution >= 4 is 16.4 Å².